The molecule has 0 saturated heterocycles. The molecule has 0 N–H and O–H groups in total. The number of rotatable bonds is 0. The van der Waals surface area contributed by atoms with E-state index in [0.717, 1.165) is 21.8 Å². The zero-order valence-electron chi connectivity index (χ0n) is 10.6. The van der Waals surface area contributed by atoms with E-state index in [2.05, 4.69) is 54.2 Å². The van der Waals surface area contributed by atoms with E-state index in [0.29, 0.717) is 0 Å². The molecular weight excluding hydrogens is 442 g/mol. The van der Waals surface area contributed by atoms with Crippen LogP contribution in [0.4, 0.5) is 0 Å². The van der Waals surface area contributed by atoms with Gasteiger partial charge in [0.25, 0.3) is 0 Å². The molecule has 0 aliphatic heterocycles. The van der Waals surface area contributed by atoms with Crippen LogP contribution >= 0.6 is 0 Å². The standard InChI is InChI=1S/C12H8N2.3CO.Re/c1-3-9-5-6-10-4-2-8-14-12(10)11(9)13-7-1;3*1-2;/h1-8H;;;;. The molecule has 0 saturated carbocycles. The summed E-state index contributed by atoms with van der Waals surface area (Å²) >= 11 is 0. The minimum atomic E-state index is 0. The summed E-state index contributed by atoms with van der Waals surface area (Å²) in [7, 11) is 0. The minimum absolute atomic E-state index is 0. The van der Waals surface area contributed by atoms with E-state index < -0.39 is 0 Å². The average molecular weight is 450 g/mol. The average Bonchev–Trinajstić information content (AvgIpc) is 2.60. The molecule has 1 aromatic carbocycles. The number of hydrogen-bond acceptors (Lipinski definition) is 2. The molecule has 3 aromatic rings. The molecule has 6 heteroatoms. The molecule has 21 heavy (non-hydrogen) atoms. The zero-order valence-corrected chi connectivity index (χ0v) is 13.3. The summed E-state index contributed by atoms with van der Waals surface area (Å²) in [6.07, 6.45) is 3.60. The van der Waals surface area contributed by atoms with Crippen LogP contribution in [0.25, 0.3) is 21.8 Å². The van der Waals surface area contributed by atoms with Crippen LogP contribution in [0.2, 0.25) is 0 Å². The van der Waals surface area contributed by atoms with Gasteiger partial charge in [-0.3, -0.25) is 9.97 Å². The summed E-state index contributed by atoms with van der Waals surface area (Å²) in [5, 5.41) is 2.28. The molecule has 0 atom stereocenters. The summed E-state index contributed by atoms with van der Waals surface area (Å²) < 4.78 is 22.5. The molecular formula is C15H8N2O3Re. The molecule has 1 radical (unpaired) electrons. The molecule has 0 fully saturated rings. The van der Waals surface area contributed by atoms with E-state index in [9.17, 15) is 0 Å². The molecule has 0 aliphatic carbocycles. The SMILES string of the molecule is [C-]#[O+].[C-]#[O+].[C-]#[O+].[Re].c1cnc2c(c1)ccc1cccnc12. The number of aromatic nitrogens is 2. The zero-order chi connectivity index (χ0) is 15.4. The quantitative estimate of drug-likeness (QED) is 0.300. The summed E-state index contributed by atoms with van der Waals surface area (Å²) in [5.74, 6) is 0. The Morgan fingerprint density at radius 1 is 0.619 bits per heavy atom. The third-order valence-electron chi connectivity index (χ3n) is 2.34. The van der Waals surface area contributed by atoms with Crippen LogP contribution in [0, 0.1) is 20.0 Å². The molecule has 0 amide bonds. The van der Waals surface area contributed by atoms with Crippen molar-refractivity contribution < 1.29 is 34.4 Å². The maximum absolute atomic E-state index is 7.50. The van der Waals surface area contributed by atoms with Gasteiger partial charge >= 0.3 is 33.9 Å². The van der Waals surface area contributed by atoms with Crippen molar-refractivity contribution in [2.24, 2.45) is 0 Å². The maximum atomic E-state index is 7.50. The third-order valence-corrected chi connectivity index (χ3v) is 2.34. The van der Waals surface area contributed by atoms with Crippen molar-refractivity contribution >= 4 is 21.8 Å². The number of pyridine rings is 2. The number of nitrogens with zero attached hydrogens (tertiary/aromatic N) is 2. The van der Waals surface area contributed by atoms with Gasteiger partial charge in [-0.15, -0.1) is 0 Å². The van der Waals surface area contributed by atoms with Crippen molar-refractivity contribution in [1.29, 1.82) is 0 Å². The van der Waals surface area contributed by atoms with E-state index >= 15 is 0 Å². The molecule has 0 spiro atoms. The van der Waals surface area contributed by atoms with Crippen molar-refractivity contribution in [1.82, 2.24) is 9.97 Å². The molecule has 3 rings (SSSR count). The Labute approximate surface area is 135 Å². The van der Waals surface area contributed by atoms with Gasteiger partial charge in [0.2, 0.25) is 0 Å². The third kappa shape index (κ3) is 5.43. The first-order chi connectivity index (χ1) is 9.95. The Balaban J connectivity index is 0. The van der Waals surface area contributed by atoms with Crippen molar-refractivity contribution in [3.63, 3.8) is 0 Å². The topological polar surface area (TPSA) is 85.5 Å². The fraction of sp³-hybridized carbons (Fsp3) is 0. The predicted octanol–water partition coefficient (Wildman–Crippen LogP) is 2.67. The van der Waals surface area contributed by atoms with Gasteiger partial charge in [0.1, 0.15) is 0 Å². The smallest absolute Gasteiger partial charge is 0.0964 e. The first kappa shape index (κ1) is 21.2. The number of fused-ring (bicyclic) bond motifs is 3. The van der Waals surface area contributed by atoms with Crippen LogP contribution in [0.3, 0.4) is 0 Å². The molecule has 5 nitrogen and oxygen atoms in total. The maximum Gasteiger partial charge on any atom is 0.0964 e. The number of benzene rings is 1. The molecule has 2 heterocycles. The summed E-state index contributed by atoms with van der Waals surface area (Å²) in [4.78, 5) is 8.69. The normalized spacial score (nSPS) is 7.52. The van der Waals surface area contributed by atoms with Gasteiger partial charge in [-0.2, -0.15) is 0 Å². The second kappa shape index (κ2) is 12.9. The molecule has 0 bridgehead atoms. The predicted molar refractivity (Wildman–Crippen MR) is 68.8 cm³/mol. The summed E-state index contributed by atoms with van der Waals surface area (Å²) in [6.45, 7) is 13.5. The Morgan fingerprint density at radius 3 is 1.29 bits per heavy atom. The molecule has 0 unspecified atom stereocenters. The van der Waals surface area contributed by atoms with Crippen molar-refractivity contribution in [3.8, 4) is 0 Å². The van der Waals surface area contributed by atoms with Crippen LogP contribution < -0.4 is 0 Å². The van der Waals surface area contributed by atoms with Crippen molar-refractivity contribution in [3.05, 3.63) is 68.7 Å². The first-order valence-corrected chi connectivity index (χ1v) is 5.15. The number of hydrogen-bond donors (Lipinski definition) is 0. The van der Waals surface area contributed by atoms with Gasteiger partial charge in [-0.1, -0.05) is 24.3 Å². The second-order valence-corrected chi connectivity index (χ2v) is 3.22. The monoisotopic (exact) mass is 451 g/mol. The Hall–Kier alpha value is -2.08. The Morgan fingerprint density at radius 2 is 0.952 bits per heavy atom. The first-order valence-electron chi connectivity index (χ1n) is 5.15. The van der Waals surface area contributed by atoms with Gasteiger partial charge in [0.15, 0.2) is 0 Å². The van der Waals surface area contributed by atoms with E-state index in [-0.39, 0.29) is 20.4 Å². The summed E-state index contributed by atoms with van der Waals surface area (Å²) in [6, 6.07) is 12.1. The van der Waals surface area contributed by atoms with E-state index in [1.807, 2.05) is 12.1 Å². The van der Waals surface area contributed by atoms with Crippen LogP contribution in [-0.4, -0.2) is 9.97 Å². The van der Waals surface area contributed by atoms with Crippen molar-refractivity contribution in [2.45, 2.75) is 0 Å². The van der Waals surface area contributed by atoms with Gasteiger partial charge in [-0.25, -0.2) is 0 Å². The van der Waals surface area contributed by atoms with Gasteiger partial charge in [0.05, 0.1) is 11.0 Å². The molecule has 103 valence electrons. The van der Waals surface area contributed by atoms with Gasteiger partial charge in [-0.05, 0) is 12.1 Å². The largest absolute Gasteiger partial charge is 0.254 e. The molecule has 2 aromatic heterocycles. The van der Waals surface area contributed by atoms with E-state index in [1.165, 1.54) is 0 Å². The Bertz CT molecular complexity index is 670. The van der Waals surface area contributed by atoms with Crippen LogP contribution in [-0.2, 0) is 34.4 Å². The van der Waals surface area contributed by atoms with E-state index in [4.69, 9.17) is 14.0 Å². The molecule has 0 aliphatic rings. The minimum Gasteiger partial charge on any atom is -0.254 e. The van der Waals surface area contributed by atoms with Crippen LogP contribution in [0.1, 0.15) is 0 Å². The van der Waals surface area contributed by atoms with Crippen LogP contribution in [0.5, 0.6) is 0 Å². The van der Waals surface area contributed by atoms with Crippen LogP contribution in [0.15, 0.2) is 48.8 Å². The van der Waals surface area contributed by atoms with Crippen molar-refractivity contribution in [2.75, 3.05) is 0 Å². The van der Waals surface area contributed by atoms with Gasteiger partial charge in [0, 0.05) is 43.6 Å². The van der Waals surface area contributed by atoms with E-state index in [1.54, 1.807) is 12.4 Å². The summed E-state index contributed by atoms with van der Waals surface area (Å²) in [5.41, 5.74) is 1.95. The van der Waals surface area contributed by atoms with Gasteiger partial charge < -0.3 is 0 Å². The Kier molecular flexibility index (Phi) is 13.1. The fourth-order valence-electron chi connectivity index (χ4n) is 1.68. The second-order valence-electron chi connectivity index (χ2n) is 3.22. The fourth-order valence-corrected chi connectivity index (χ4v) is 1.68.